The summed E-state index contributed by atoms with van der Waals surface area (Å²) in [5.74, 6) is 0.226. The average molecular weight is 770 g/mol. The SMILES string of the molecule is CN(C)c1ccc2c(c1)C(C)(C)C(/C=C/C=C/C=C1/N(CCCCCC(=O)N3CCC(O)CC3)c3cc4c(cc3C1(C)C)-c1ccccc1C4(C)C)=[N+]2CCCO. The van der Waals surface area contributed by atoms with Crippen LogP contribution in [0.15, 0.2) is 90.7 Å². The fourth-order valence-electron chi connectivity index (χ4n) is 9.87. The van der Waals surface area contributed by atoms with Crippen molar-refractivity contribution in [2.45, 2.75) is 109 Å². The van der Waals surface area contributed by atoms with Crippen molar-refractivity contribution in [3.63, 3.8) is 0 Å². The van der Waals surface area contributed by atoms with Crippen molar-refractivity contribution in [1.82, 2.24) is 4.90 Å². The van der Waals surface area contributed by atoms with E-state index in [1.54, 1.807) is 0 Å². The number of hydrogen-bond donors (Lipinski definition) is 2. The van der Waals surface area contributed by atoms with E-state index in [0.717, 1.165) is 32.4 Å². The molecule has 1 saturated heterocycles. The molecule has 3 heterocycles. The van der Waals surface area contributed by atoms with Crippen molar-refractivity contribution in [3.8, 4) is 11.1 Å². The molecule has 2 N–H and O–H groups in total. The maximum Gasteiger partial charge on any atom is 0.222 e. The Morgan fingerprint density at radius 2 is 1.56 bits per heavy atom. The van der Waals surface area contributed by atoms with E-state index < -0.39 is 0 Å². The standard InChI is InChI=1S/C50H65N4O3/c1-48(2)39-19-15-14-18-37(39)38-33-42-44(34-40(38)48)54(27-16-10-13-22-47(57)52-29-25-36(56)26-30-52)46(50(42,5)6)21-12-9-11-20-45-49(3,4)41-32-35(51(7)8)23-24-43(41)53(45)28-17-31-55/h9,11-12,14-15,18-21,23-24,32-34,36,55-56H,10,13,16-17,22,25-31H2,1-8H3/q+1. The first-order valence-electron chi connectivity index (χ1n) is 21.3. The number of likely N-dealkylation sites (tertiary alicyclic amines) is 1. The molecule has 7 heteroatoms. The van der Waals surface area contributed by atoms with Gasteiger partial charge in [0.15, 0.2) is 12.3 Å². The number of unbranched alkanes of at least 4 members (excludes halogenated alkanes) is 2. The number of anilines is 2. The van der Waals surface area contributed by atoms with Gasteiger partial charge in [-0.2, -0.15) is 4.58 Å². The third-order valence-corrected chi connectivity index (χ3v) is 13.3. The molecule has 0 saturated carbocycles. The van der Waals surface area contributed by atoms with E-state index in [-0.39, 0.29) is 34.9 Å². The Bertz CT molecular complexity index is 2130. The quantitative estimate of drug-likeness (QED) is 0.103. The molecule has 0 spiro atoms. The molecule has 1 fully saturated rings. The molecule has 3 aromatic carbocycles. The molecule has 0 unspecified atom stereocenters. The highest BCUT2D eigenvalue weighted by molar-refractivity contribution is 6.03. The molecule has 0 radical (unpaired) electrons. The Morgan fingerprint density at radius 3 is 2.30 bits per heavy atom. The van der Waals surface area contributed by atoms with Crippen LogP contribution in [0.3, 0.4) is 0 Å². The second-order valence-electron chi connectivity index (χ2n) is 18.4. The molecular formula is C50H65N4O3+. The Morgan fingerprint density at radius 1 is 0.807 bits per heavy atom. The number of amides is 1. The molecule has 57 heavy (non-hydrogen) atoms. The van der Waals surface area contributed by atoms with Crippen molar-refractivity contribution in [1.29, 1.82) is 0 Å². The van der Waals surface area contributed by atoms with Crippen LogP contribution in [0.2, 0.25) is 0 Å². The van der Waals surface area contributed by atoms with Crippen LogP contribution < -0.4 is 9.80 Å². The zero-order chi connectivity index (χ0) is 40.7. The van der Waals surface area contributed by atoms with Crippen molar-refractivity contribution in [3.05, 3.63) is 113 Å². The van der Waals surface area contributed by atoms with Crippen LogP contribution in [0.4, 0.5) is 17.1 Å². The maximum atomic E-state index is 12.9. The highest BCUT2D eigenvalue weighted by Crippen LogP contribution is 2.56. The summed E-state index contributed by atoms with van der Waals surface area (Å²) in [5, 5.41) is 19.6. The predicted molar refractivity (Wildman–Crippen MR) is 236 cm³/mol. The van der Waals surface area contributed by atoms with E-state index >= 15 is 0 Å². The lowest BCUT2D eigenvalue weighted by molar-refractivity contribution is -0.438. The Labute approximate surface area is 341 Å². The van der Waals surface area contributed by atoms with E-state index in [9.17, 15) is 15.0 Å². The van der Waals surface area contributed by atoms with Crippen LogP contribution in [-0.2, 0) is 21.0 Å². The van der Waals surface area contributed by atoms with Gasteiger partial charge in [-0.25, -0.2) is 0 Å². The zero-order valence-corrected chi connectivity index (χ0v) is 35.7. The Kier molecular flexibility index (Phi) is 11.5. The summed E-state index contributed by atoms with van der Waals surface area (Å²) in [7, 11) is 4.17. The molecule has 0 aromatic heterocycles. The molecule has 4 aliphatic rings. The lowest BCUT2D eigenvalue weighted by Gasteiger charge is -2.29. The maximum absolute atomic E-state index is 12.9. The van der Waals surface area contributed by atoms with Crippen LogP contribution in [0, 0.1) is 0 Å². The van der Waals surface area contributed by atoms with Gasteiger partial charge in [0.05, 0.1) is 11.5 Å². The lowest BCUT2D eigenvalue weighted by Crippen LogP contribution is -2.39. The van der Waals surface area contributed by atoms with Gasteiger partial charge in [0.25, 0.3) is 0 Å². The number of allylic oxidation sites excluding steroid dienone is 6. The minimum atomic E-state index is -0.267. The number of fused-ring (bicyclic) bond motifs is 5. The van der Waals surface area contributed by atoms with Gasteiger partial charge in [-0.05, 0) is 97.7 Å². The van der Waals surface area contributed by atoms with Gasteiger partial charge in [0.2, 0.25) is 11.6 Å². The zero-order valence-electron chi connectivity index (χ0n) is 35.7. The average Bonchev–Trinajstić information content (AvgIpc) is 3.64. The van der Waals surface area contributed by atoms with Gasteiger partial charge in [-0.1, -0.05) is 76.6 Å². The third kappa shape index (κ3) is 7.54. The number of carbonyl (C=O) groups is 1. The van der Waals surface area contributed by atoms with Gasteiger partial charge >= 0.3 is 0 Å². The Balaban J connectivity index is 1.15. The molecule has 0 atom stereocenters. The van der Waals surface area contributed by atoms with E-state index in [4.69, 9.17) is 0 Å². The minimum Gasteiger partial charge on any atom is -0.396 e. The fourth-order valence-corrected chi connectivity index (χ4v) is 9.87. The molecule has 3 aromatic rings. The highest BCUT2D eigenvalue weighted by Gasteiger charge is 2.45. The van der Waals surface area contributed by atoms with Crippen molar-refractivity contribution >= 4 is 28.7 Å². The van der Waals surface area contributed by atoms with E-state index in [0.29, 0.717) is 38.8 Å². The first-order valence-corrected chi connectivity index (χ1v) is 21.3. The van der Waals surface area contributed by atoms with Crippen LogP contribution in [0.25, 0.3) is 11.1 Å². The second kappa shape index (κ2) is 16.1. The van der Waals surface area contributed by atoms with E-state index in [2.05, 4.69) is 155 Å². The van der Waals surface area contributed by atoms with Crippen molar-refractivity contribution in [2.24, 2.45) is 0 Å². The molecule has 1 aliphatic carbocycles. The molecule has 1 amide bonds. The molecular weight excluding hydrogens is 705 g/mol. The Hall–Kier alpha value is -4.46. The number of carbonyl (C=O) groups excluding carboxylic acids is 1. The fraction of sp³-hybridized carbons (Fsp3) is 0.480. The van der Waals surface area contributed by atoms with Crippen LogP contribution in [0.5, 0.6) is 0 Å². The molecule has 302 valence electrons. The highest BCUT2D eigenvalue weighted by atomic mass is 16.3. The van der Waals surface area contributed by atoms with Gasteiger partial charge in [-0.15, -0.1) is 0 Å². The normalized spacial score (nSPS) is 19.9. The minimum absolute atomic E-state index is 0.0801. The summed E-state index contributed by atoms with van der Waals surface area (Å²) in [6.45, 7) is 17.2. The van der Waals surface area contributed by atoms with Crippen LogP contribution in [0.1, 0.15) is 109 Å². The molecule has 7 rings (SSSR count). The van der Waals surface area contributed by atoms with E-state index in [1.165, 1.54) is 61.9 Å². The summed E-state index contributed by atoms with van der Waals surface area (Å²) >= 11 is 0. The molecule has 7 nitrogen and oxygen atoms in total. The predicted octanol–water partition coefficient (Wildman–Crippen LogP) is 9.16. The van der Waals surface area contributed by atoms with Gasteiger partial charge < -0.3 is 24.9 Å². The number of rotatable bonds is 13. The number of benzene rings is 3. The van der Waals surface area contributed by atoms with Gasteiger partial charge in [-0.3, -0.25) is 4.79 Å². The summed E-state index contributed by atoms with van der Waals surface area (Å²) in [4.78, 5) is 19.6. The third-order valence-electron chi connectivity index (χ3n) is 13.3. The first-order chi connectivity index (χ1) is 27.2. The van der Waals surface area contributed by atoms with E-state index in [1.807, 2.05) is 4.90 Å². The number of hydrogen-bond acceptors (Lipinski definition) is 5. The summed E-state index contributed by atoms with van der Waals surface area (Å²) in [6.07, 6.45) is 16.4. The van der Waals surface area contributed by atoms with Crippen molar-refractivity contribution < 1.29 is 19.6 Å². The monoisotopic (exact) mass is 770 g/mol. The number of nitrogens with zero attached hydrogens (tertiary/aromatic N) is 4. The summed E-state index contributed by atoms with van der Waals surface area (Å²) in [5.41, 5.74) is 13.9. The van der Waals surface area contributed by atoms with Crippen molar-refractivity contribution in [2.75, 3.05) is 56.7 Å². The number of piperidine rings is 1. The lowest BCUT2D eigenvalue weighted by atomic mass is 9.79. The molecule has 3 aliphatic heterocycles. The number of aliphatic hydroxyl groups excluding tert-OH is 2. The first kappa shape index (κ1) is 40.7. The summed E-state index contributed by atoms with van der Waals surface area (Å²) < 4.78 is 2.38. The van der Waals surface area contributed by atoms with Gasteiger partial charge in [0, 0.05) is 98.8 Å². The van der Waals surface area contributed by atoms with Gasteiger partial charge in [0.1, 0.15) is 0 Å². The second-order valence-corrected chi connectivity index (χ2v) is 18.4. The van der Waals surface area contributed by atoms with Crippen LogP contribution >= 0.6 is 0 Å². The number of aliphatic hydroxyl groups is 2. The molecule has 0 bridgehead atoms. The topological polar surface area (TPSA) is 70.3 Å². The largest absolute Gasteiger partial charge is 0.396 e. The van der Waals surface area contributed by atoms with Crippen LogP contribution in [-0.4, -0.2) is 84.3 Å². The summed E-state index contributed by atoms with van der Waals surface area (Å²) in [6, 6.07) is 20.6. The smallest absolute Gasteiger partial charge is 0.222 e.